The first-order valence-electron chi connectivity index (χ1n) is 7.28. The summed E-state index contributed by atoms with van der Waals surface area (Å²) in [5.41, 5.74) is -1.42. The molecule has 2 aromatic carbocycles. The van der Waals surface area contributed by atoms with Crippen molar-refractivity contribution in [3.05, 3.63) is 76.8 Å². The van der Waals surface area contributed by atoms with Crippen LogP contribution in [0, 0.1) is 5.82 Å². The van der Waals surface area contributed by atoms with Gasteiger partial charge < -0.3 is 9.73 Å². The van der Waals surface area contributed by atoms with Gasteiger partial charge in [0.25, 0.3) is 5.91 Å². The number of carbonyl (C=O) groups excluding carboxylic acids is 1. The molecule has 3 rings (SSSR count). The Balaban J connectivity index is 1.89. The molecule has 0 saturated heterocycles. The molecular weight excluding hydrogens is 374 g/mol. The van der Waals surface area contributed by atoms with Gasteiger partial charge in [0.2, 0.25) is 0 Å². The molecule has 3 aromatic rings. The van der Waals surface area contributed by atoms with Crippen molar-refractivity contribution in [3.8, 4) is 11.3 Å². The summed E-state index contributed by atoms with van der Waals surface area (Å²) in [7, 11) is 0. The summed E-state index contributed by atoms with van der Waals surface area (Å²) in [4.78, 5) is 12.2. The number of carbonyl (C=O) groups is 1. The second kappa shape index (κ2) is 6.84. The molecule has 26 heavy (non-hydrogen) atoms. The maximum absolute atomic E-state index is 13.8. The topological polar surface area (TPSA) is 42.2 Å². The Morgan fingerprint density at radius 1 is 1.04 bits per heavy atom. The molecule has 0 fully saturated rings. The largest absolute Gasteiger partial charge is 0.451 e. The van der Waals surface area contributed by atoms with Crippen molar-refractivity contribution < 1.29 is 26.8 Å². The van der Waals surface area contributed by atoms with Gasteiger partial charge in [-0.3, -0.25) is 4.79 Å². The number of hydrogen-bond donors (Lipinski definition) is 1. The number of amides is 1. The van der Waals surface area contributed by atoms with Crippen LogP contribution >= 0.6 is 11.6 Å². The minimum atomic E-state index is -4.67. The summed E-state index contributed by atoms with van der Waals surface area (Å²) in [5.74, 6) is -1.66. The van der Waals surface area contributed by atoms with Gasteiger partial charge in [0, 0.05) is 5.02 Å². The van der Waals surface area contributed by atoms with E-state index >= 15 is 0 Å². The Morgan fingerprint density at radius 3 is 2.46 bits per heavy atom. The Morgan fingerprint density at radius 2 is 1.77 bits per heavy atom. The second-order valence-corrected chi connectivity index (χ2v) is 5.72. The zero-order valence-electron chi connectivity index (χ0n) is 12.9. The van der Waals surface area contributed by atoms with Crippen LogP contribution in [0.15, 0.2) is 59.0 Å². The van der Waals surface area contributed by atoms with E-state index in [-0.39, 0.29) is 22.1 Å². The molecule has 0 aliphatic heterocycles. The Hall–Kier alpha value is -2.80. The molecule has 0 spiro atoms. The zero-order valence-corrected chi connectivity index (χ0v) is 13.7. The normalized spacial score (nSPS) is 11.4. The fraction of sp³-hybridized carbons (Fsp3) is 0.0556. The van der Waals surface area contributed by atoms with E-state index in [0.717, 1.165) is 18.2 Å². The summed E-state index contributed by atoms with van der Waals surface area (Å²) < 4.78 is 58.2. The first-order valence-corrected chi connectivity index (χ1v) is 7.66. The van der Waals surface area contributed by atoms with Gasteiger partial charge in [0.05, 0.1) is 16.8 Å². The van der Waals surface area contributed by atoms with Gasteiger partial charge in [-0.1, -0.05) is 23.7 Å². The van der Waals surface area contributed by atoms with E-state index in [2.05, 4.69) is 5.32 Å². The first-order chi connectivity index (χ1) is 12.3. The Kier molecular flexibility index (Phi) is 4.73. The van der Waals surface area contributed by atoms with Crippen molar-refractivity contribution in [1.29, 1.82) is 0 Å². The van der Waals surface area contributed by atoms with E-state index in [0.29, 0.717) is 0 Å². The highest BCUT2D eigenvalue weighted by Crippen LogP contribution is 2.36. The maximum atomic E-state index is 13.8. The Bertz CT molecular complexity index is 966. The van der Waals surface area contributed by atoms with Gasteiger partial charge >= 0.3 is 6.18 Å². The minimum Gasteiger partial charge on any atom is -0.451 e. The van der Waals surface area contributed by atoms with Crippen LogP contribution in [0.25, 0.3) is 11.3 Å². The maximum Gasteiger partial charge on any atom is 0.418 e. The van der Waals surface area contributed by atoms with Crippen LogP contribution in [-0.2, 0) is 6.18 Å². The predicted octanol–water partition coefficient (Wildman–Crippen LogP) is 6.01. The quantitative estimate of drug-likeness (QED) is 0.563. The molecule has 0 bridgehead atoms. The standard InChI is InChI=1S/C18H10ClF4NO2/c19-10-5-6-12(18(21,22)23)14(9-10)24-17(25)16-8-7-15(26-16)11-3-1-2-4-13(11)20/h1-9H,(H,24,25). The molecule has 8 heteroatoms. The highest BCUT2D eigenvalue weighted by Gasteiger charge is 2.34. The van der Waals surface area contributed by atoms with Gasteiger partial charge in [-0.05, 0) is 42.5 Å². The smallest absolute Gasteiger partial charge is 0.418 e. The third kappa shape index (κ3) is 3.72. The van der Waals surface area contributed by atoms with Gasteiger partial charge in [0.1, 0.15) is 11.6 Å². The molecule has 0 atom stereocenters. The van der Waals surface area contributed by atoms with Crippen LogP contribution in [0.2, 0.25) is 5.02 Å². The van der Waals surface area contributed by atoms with Crippen molar-refractivity contribution in [2.45, 2.75) is 6.18 Å². The summed E-state index contributed by atoms with van der Waals surface area (Å²) in [6.45, 7) is 0. The number of alkyl halides is 3. The van der Waals surface area contributed by atoms with Crippen LogP contribution in [0.5, 0.6) is 0 Å². The number of furan rings is 1. The molecule has 1 N–H and O–H groups in total. The minimum absolute atomic E-state index is 0.0276. The van der Waals surface area contributed by atoms with Gasteiger partial charge in [0.15, 0.2) is 5.76 Å². The summed E-state index contributed by atoms with van der Waals surface area (Å²) >= 11 is 5.71. The molecular formula is C18H10ClF4NO2. The van der Waals surface area contributed by atoms with Crippen LogP contribution in [0.3, 0.4) is 0 Å². The van der Waals surface area contributed by atoms with Crippen LogP contribution < -0.4 is 5.32 Å². The summed E-state index contributed by atoms with van der Waals surface area (Å²) in [6.07, 6.45) is -4.67. The molecule has 0 radical (unpaired) electrons. The molecule has 0 aliphatic rings. The number of benzene rings is 2. The van der Waals surface area contributed by atoms with E-state index in [4.69, 9.17) is 16.0 Å². The van der Waals surface area contributed by atoms with E-state index in [9.17, 15) is 22.4 Å². The Labute approximate surface area is 150 Å². The summed E-state index contributed by atoms with van der Waals surface area (Å²) in [5, 5.41) is 2.15. The third-order valence-electron chi connectivity index (χ3n) is 3.50. The van der Waals surface area contributed by atoms with Gasteiger partial charge in [-0.15, -0.1) is 0 Å². The van der Waals surface area contributed by atoms with E-state index < -0.39 is 29.2 Å². The molecule has 0 saturated carbocycles. The number of halogens is 5. The average molecular weight is 384 g/mol. The van der Waals surface area contributed by atoms with Crippen molar-refractivity contribution in [3.63, 3.8) is 0 Å². The van der Waals surface area contributed by atoms with Crippen molar-refractivity contribution in [1.82, 2.24) is 0 Å². The van der Waals surface area contributed by atoms with E-state index in [1.54, 1.807) is 6.07 Å². The van der Waals surface area contributed by atoms with Gasteiger partial charge in [-0.2, -0.15) is 13.2 Å². The lowest BCUT2D eigenvalue weighted by Crippen LogP contribution is -2.16. The fourth-order valence-corrected chi connectivity index (χ4v) is 2.49. The first kappa shape index (κ1) is 18.0. The molecule has 134 valence electrons. The molecule has 1 heterocycles. The highest BCUT2D eigenvalue weighted by molar-refractivity contribution is 6.31. The second-order valence-electron chi connectivity index (χ2n) is 5.29. The molecule has 1 aromatic heterocycles. The van der Waals surface area contributed by atoms with E-state index in [1.807, 2.05) is 0 Å². The highest BCUT2D eigenvalue weighted by atomic mass is 35.5. The average Bonchev–Trinajstić information content (AvgIpc) is 3.04. The van der Waals surface area contributed by atoms with Crippen LogP contribution in [-0.4, -0.2) is 5.91 Å². The third-order valence-corrected chi connectivity index (χ3v) is 3.74. The molecule has 3 nitrogen and oxygen atoms in total. The lowest BCUT2D eigenvalue weighted by Gasteiger charge is -2.13. The number of hydrogen-bond acceptors (Lipinski definition) is 2. The SMILES string of the molecule is O=C(Nc1cc(Cl)ccc1C(F)(F)F)c1ccc(-c2ccccc2F)o1. The van der Waals surface area contributed by atoms with Crippen molar-refractivity contribution in [2.24, 2.45) is 0 Å². The molecule has 0 aliphatic carbocycles. The number of anilines is 1. The monoisotopic (exact) mass is 383 g/mol. The van der Waals surface area contributed by atoms with E-state index in [1.165, 1.54) is 30.3 Å². The fourth-order valence-electron chi connectivity index (χ4n) is 2.32. The van der Waals surface area contributed by atoms with Crippen molar-refractivity contribution >= 4 is 23.2 Å². The lowest BCUT2D eigenvalue weighted by molar-refractivity contribution is -0.136. The van der Waals surface area contributed by atoms with Gasteiger partial charge in [-0.25, -0.2) is 4.39 Å². The molecule has 1 amide bonds. The zero-order chi connectivity index (χ0) is 18.9. The van der Waals surface area contributed by atoms with Crippen LogP contribution in [0.4, 0.5) is 23.2 Å². The summed E-state index contributed by atoms with van der Waals surface area (Å²) in [6, 6.07) is 11.2. The number of rotatable bonds is 3. The lowest BCUT2D eigenvalue weighted by atomic mass is 10.1. The van der Waals surface area contributed by atoms with Crippen LogP contribution in [0.1, 0.15) is 16.1 Å². The molecule has 0 unspecified atom stereocenters. The number of nitrogens with one attached hydrogen (secondary N) is 1. The predicted molar refractivity (Wildman–Crippen MR) is 88.5 cm³/mol. The van der Waals surface area contributed by atoms with Crippen molar-refractivity contribution in [2.75, 3.05) is 5.32 Å².